The summed E-state index contributed by atoms with van der Waals surface area (Å²) < 4.78 is 22.2. The third kappa shape index (κ3) is 2.38. The first-order valence-corrected chi connectivity index (χ1v) is 6.32. The summed E-state index contributed by atoms with van der Waals surface area (Å²) in [6.07, 6.45) is 0. The summed E-state index contributed by atoms with van der Waals surface area (Å²) >= 11 is 1.15. The van der Waals surface area contributed by atoms with E-state index < -0.39 is 9.84 Å². The summed E-state index contributed by atoms with van der Waals surface area (Å²) in [6, 6.07) is 0. The topological polar surface area (TPSA) is 84.0 Å². The number of nitrogens with two attached hydrogens (primary N) is 1. The lowest BCUT2D eigenvalue weighted by Gasteiger charge is -2.10. The maximum atomic E-state index is 11.1. The van der Waals surface area contributed by atoms with Gasteiger partial charge < -0.3 is 5.73 Å². The highest BCUT2D eigenvalue weighted by molar-refractivity contribution is 8.14. The zero-order valence-corrected chi connectivity index (χ0v) is 8.41. The van der Waals surface area contributed by atoms with Gasteiger partial charge in [0.15, 0.2) is 15.0 Å². The van der Waals surface area contributed by atoms with Crippen molar-refractivity contribution < 1.29 is 8.42 Å². The highest BCUT2D eigenvalue weighted by Crippen LogP contribution is 2.28. The van der Waals surface area contributed by atoms with Gasteiger partial charge in [0.05, 0.1) is 11.5 Å². The van der Waals surface area contributed by atoms with E-state index in [-0.39, 0.29) is 27.8 Å². The molecule has 1 aliphatic rings. The number of thioether (sulfide) groups is 1. The highest BCUT2D eigenvalue weighted by Gasteiger charge is 2.35. The van der Waals surface area contributed by atoms with Crippen LogP contribution >= 0.6 is 11.8 Å². The fourth-order valence-corrected chi connectivity index (χ4v) is 4.97. The van der Waals surface area contributed by atoms with E-state index in [9.17, 15) is 8.42 Å². The van der Waals surface area contributed by atoms with E-state index in [0.717, 1.165) is 11.8 Å². The lowest BCUT2D eigenvalue weighted by atomic mass is 10.2. The molecule has 1 rings (SSSR count). The highest BCUT2D eigenvalue weighted by atomic mass is 32.2. The Bertz CT molecular complexity index is 286. The number of hydrogen-bond donors (Lipinski definition) is 2. The van der Waals surface area contributed by atoms with Crippen molar-refractivity contribution >= 4 is 26.8 Å². The van der Waals surface area contributed by atoms with Crippen molar-refractivity contribution in [1.82, 2.24) is 0 Å². The molecule has 1 saturated heterocycles. The van der Waals surface area contributed by atoms with Crippen molar-refractivity contribution in [3.05, 3.63) is 0 Å². The Labute approximate surface area is 76.3 Å². The van der Waals surface area contributed by atoms with Crippen LogP contribution in [0.1, 0.15) is 6.92 Å². The smallest absolute Gasteiger partial charge is 0.151 e. The number of nitrogens with one attached hydrogen (secondary N) is 1. The summed E-state index contributed by atoms with van der Waals surface area (Å²) in [5.74, 6) is 0.514. The van der Waals surface area contributed by atoms with Gasteiger partial charge in [0, 0.05) is 5.25 Å². The number of sulfone groups is 1. The van der Waals surface area contributed by atoms with Gasteiger partial charge in [0.1, 0.15) is 0 Å². The minimum Gasteiger partial charge on any atom is -0.379 e. The fourth-order valence-electron chi connectivity index (χ4n) is 1.30. The Kier molecular flexibility index (Phi) is 2.67. The summed E-state index contributed by atoms with van der Waals surface area (Å²) in [7, 11) is -2.86. The normalized spacial score (nSPS) is 33.4. The van der Waals surface area contributed by atoms with Gasteiger partial charge in [-0.3, -0.25) is 5.41 Å². The van der Waals surface area contributed by atoms with Gasteiger partial charge in [-0.25, -0.2) is 8.42 Å². The van der Waals surface area contributed by atoms with Gasteiger partial charge in [-0.15, -0.1) is 0 Å². The number of amidine groups is 1. The molecule has 1 aliphatic heterocycles. The second-order valence-corrected chi connectivity index (χ2v) is 6.51. The van der Waals surface area contributed by atoms with Crippen LogP contribution in [0.15, 0.2) is 0 Å². The van der Waals surface area contributed by atoms with Crippen molar-refractivity contribution in [3.8, 4) is 0 Å². The second-order valence-electron chi connectivity index (χ2n) is 3.07. The molecule has 2 atom stereocenters. The second kappa shape index (κ2) is 3.26. The van der Waals surface area contributed by atoms with Crippen LogP contribution in [0.3, 0.4) is 0 Å². The van der Waals surface area contributed by atoms with Crippen LogP contribution < -0.4 is 5.73 Å². The molecule has 0 aromatic carbocycles. The van der Waals surface area contributed by atoms with Gasteiger partial charge in [0.25, 0.3) is 0 Å². The average molecular weight is 208 g/mol. The largest absolute Gasteiger partial charge is 0.379 e. The van der Waals surface area contributed by atoms with Crippen LogP contribution in [0.25, 0.3) is 0 Å². The Morgan fingerprint density at radius 3 is 2.50 bits per heavy atom. The molecular weight excluding hydrogens is 196 g/mol. The molecule has 0 radical (unpaired) electrons. The van der Waals surface area contributed by atoms with Gasteiger partial charge in [-0.2, -0.15) is 0 Å². The van der Waals surface area contributed by atoms with Crippen molar-refractivity contribution in [3.63, 3.8) is 0 Å². The molecule has 4 nitrogen and oxygen atoms in total. The molecule has 3 N–H and O–H groups in total. The molecule has 0 bridgehead atoms. The first kappa shape index (κ1) is 9.85. The molecule has 0 saturated carbocycles. The van der Waals surface area contributed by atoms with Gasteiger partial charge >= 0.3 is 0 Å². The fraction of sp³-hybridized carbons (Fsp3) is 0.833. The molecule has 0 aromatic heterocycles. The Hall–Kier alpha value is -0.230. The van der Waals surface area contributed by atoms with Crippen LogP contribution in [0, 0.1) is 11.3 Å². The lowest BCUT2D eigenvalue weighted by Crippen LogP contribution is -2.17. The van der Waals surface area contributed by atoms with E-state index in [1.165, 1.54) is 0 Å². The quantitative estimate of drug-likeness (QED) is 0.471. The maximum absolute atomic E-state index is 11.1. The minimum atomic E-state index is -2.86. The summed E-state index contributed by atoms with van der Waals surface area (Å²) in [5, 5.41) is 7.01. The van der Waals surface area contributed by atoms with E-state index in [1.54, 1.807) is 0 Å². The molecule has 0 aromatic rings. The zero-order valence-electron chi connectivity index (χ0n) is 6.78. The van der Waals surface area contributed by atoms with Crippen LogP contribution in [-0.2, 0) is 9.84 Å². The van der Waals surface area contributed by atoms with Gasteiger partial charge in [0.2, 0.25) is 0 Å². The molecule has 1 heterocycles. The molecule has 0 unspecified atom stereocenters. The monoisotopic (exact) mass is 208 g/mol. The van der Waals surface area contributed by atoms with E-state index in [1.807, 2.05) is 6.92 Å². The summed E-state index contributed by atoms with van der Waals surface area (Å²) in [5.41, 5.74) is 5.17. The minimum absolute atomic E-state index is 0.00366. The third-order valence-corrected chi connectivity index (χ3v) is 5.15. The zero-order chi connectivity index (χ0) is 9.35. The van der Waals surface area contributed by atoms with Crippen molar-refractivity contribution in [2.24, 2.45) is 11.7 Å². The maximum Gasteiger partial charge on any atom is 0.151 e. The standard InChI is InChI=1S/C6H12N2O2S2/c1-4-2-12(9,10)3-5(4)11-6(7)8/h4-5H,2-3H2,1H3,(H3,7,8)/t4-,5-/m0/s1. The average Bonchev–Trinajstić information content (AvgIpc) is 2.03. The van der Waals surface area contributed by atoms with E-state index >= 15 is 0 Å². The van der Waals surface area contributed by atoms with Crippen molar-refractivity contribution in [2.75, 3.05) is 11.5 Å². The van der Waals surface area contributed by atoms with Crippen LogP contribution in [0.4, 0.5) is 0 Å². The van der Waals surface area contributed by atoms with E-state index in [4.69, 9.17) is 11.1 Å². The van der Waals surface area contributed by atoms with E-state index in [2.05, 4.69) is 0 Å². The third-order valence-electron chi connectivity index (χ3n) is 1.85. The first-order valence-electron chi connectivity index (χ1n) is 3.62. The predicted octanol–water partition coefficient (Wildman–Crippen LogP) is 0.0462. The molecule has 6 heteroatoms. The lowest BCUT2D eigenvalue weighted by molar-refractivity contribution is 0.599. The van der Waals surface area contributed by atoms with Crippen molar-refractivity contribution in [2.45, 2.75) is 12.2 Å². The molecule has 0 amide bonds. The first-order chi connectivity index (χ1) is 5.41. The Balaban J connectivity index is 2.64. The summed E-state index contributed by atoms with van der Waals surface area (Å²) in [4.78, 5) is 0. The number of hydrogen-bond acceptors (Lipinski definition) is 4. The summed E-state index contributed by atoms with van der Waals surface area (Å²) in [6.45, 7) is 1.88. The SMILES string of the molecule is C[C@H]1CS(=O)(=O)C[C@@H]1SC(=N)N. The predicted molar refractivity (Wildman–Crippen MR) is 51.1 cm³/mol. The van der Waals surface area contributed by atoms with Crippen LogP contribution in [0.5, 0.6) is 0 Å². The van der Waals surface area contributed by atoms with E-state index in [0.29, 0.717) is 0 Å². The Morgan fingerprint density at radius 2 is 2.17 bits per heavy atom. The van der Waals surface area contributed by atoms with Gasteiger partial charge in [-0.1, -0.05) is 18.7 Å². The Morgan fingerprint density at radius 1 is 1.58 bits per heavy atom. The molecule has 12 heavy (non-hydrogen) atoms. The van der Waals surface area contributed by atoms with Crippen LogP contribution in [0.2, 0.25) is 0 Å². The molecule has 1 fully saturated rings. The number of rotatable bonds is 1. The molecule has 0 aliphatic carbocycles. The molecule has 70 valence electrons. The molecule has 0 spiro atoms. The van der Waals surface area contributed by atoms with Crippen molar-refractivity contribution in [1.29, 1.82) is 5.41 Å². The van der Waals surface area contributed by atoms with Crippen LogP contribution in [-0.4, -0.2) is 30.3 Å². The van der Waals surface area contributed by atoms with Gasteiger partial charge in [-0.05, 0) is 5.92 Å². The molecular formula is C6H12N2O2S2.